The van der Waals surface area contributed by atoms with Gasteiger partial charge in [0.25, 0.3) is 0 Å². The summed E-state index contributed by atoms with van der Waals surface area (Å²) in [4.78, 5) is 12.7. The number of halogens is 1. The van der Waals surface area contributed by atoms with Gasteiger partial charge in [0.1, 0.15) is 23.0 Å². The normalized spacial score (nSPS) is 18.8. The van der Waals surface area contributed by atoms with E-state index in [4.69, 9.17) is 26.8 Å². The lowest BCUT2D eigenvalue weighted by Crippen LogP contribution is -2.33. The van der Waals surface area contributed by atoms with Gasteiger partial charge in [-0.05, 0) is 24.3 Å². The summed E-state index contributed by atoms with van der Waals surface area (Å²) in [5, 5.41) is 20.3. The first kappa shape index (κ1) is 16.8. The number of carbonyl (C=O) groups is 1. The number of hydrogen-bond acceptors (Lipinski definition) is 6. The first-order valence-corrected chi connectivity index (χ1v) is 9.05. The highest BCUT2D eigenvalue weighted by molar-refractivity contribution is 6.17. The van der Waals surface area contributed by atoms with Crippen molar-refractivity contribution in [2.75, 3.05) is 5.73 Å². The highest BCUT2D eigenvalue weighted by Gasteiger charge is 2.54. The number of hydrogen-bond donors (Lipinski definition) is 3. The molecule has 0 aliphatic carbocycles. The van der Waals surface area contributed by atoms with Gasteiger partial charge in [-0.3, -0.25) is 0 Å². The molecule has 4 N–H and O–H groups in total. The van der Waals surface area contributed by atoms with Crippen LogP contribution < -0.4 is 10.5 Å². The molecule has 0 bridgehead atoms. The largest absolute Gasteiger partial charge is 0.507 e. The molecule has 0 saturated carbocycles. The molecule has 1 spiro atoms. The summed E-state index contributed by atoms with van der Waals surface area (Å²) in [7, 11) is 0. The number of ether oxygens (including phenoxy) is 2. The second-order valence-electron chi connectivity index (χ2n) is 6.70. The summed E-state index contributed by atoms with van der Waals surface area (Å²) >= 11 is 6.06. The van der Waals surface area contributed by atoms with E-state index in [9.17, 15) is 15.0 Å². The van der Waals surface area contributed by atoms with E-state index in [1.807, 2.05) is 6.07 Å². The van der Waals surface area contributed by atoms with E-state index in [1.165, 1.54) is 18.2 Å². The number of anilines is 1. The van der Waals surface area contributed by atoms with E-state index >= 15 is 0 Å². The van der Waals surface area contributed by atoms with Gasteiger partial charge in [-0.15, -0.1) is 11.6 Å². The van der Waals surface area contributed by atoms with Crippen LogP contribution in [0.3, 0.4) is 0 Å². The van der Waals surface area contributed by atoms with E-state index in [1.54, 1.807) is 24.3 Å². The van der Waals surface area contributed by atoms with Crippen molar-refractivity contribution in [2.24, 2.45) is 0 Å². The number of phenols is 2. The van der Waals surface area contributed by atoms with Crippen molar-refractivity contribution in [2.45, 2.75) is 11.5 Å². The van der Waals surface area contributed by atoms with Crippen molar-refractivity contribution in [3.63, 3.8) is 0 Å². The monoisotopic (exact) mass is 395 g/mol. The molecular formula is C21H14ClNO5. The van der Waals surface area contributed by atoms with Gasteiger partial charge in [-0.25, -0.2) is 4.79 Å². The maximum absolute atomic E-state index is 12.7. The van der Waals surface area contributed by atoms with Crippen LogP contribution in [-0.4, -0.2) is 16.2 Å². The number of aromatic hydroxyl groups is 2. The molecular weight excluding hydrogens is 382 g/mol. The Morgan fingerprint density at radius 3 is 2.57 bits per heavy atom. The van der Waals surface area contributed by atoms with Crippen LogP contribution in [0.15, 0.2) is 48.5 Å². The van der Waals surface area contributed by atoms with Crippen LogP contribution in [-0.2, 0) is 16.2 Å². The van der Waals surface area contributed by atoms with Crippen LogP contribution in [0.5, 0.6) is 23.0 Å². The van der Waals surface area contributed by atoms with Gasteiger partial charge in [-0.1, -0.05) is 18.2 Å². The Hall–Kier alpha value is -3.38. The zero-order chi connectivity index (χ0) is 19.6. The molecule has 6 nitrogen and oxygen atoms in total. The molecule has 0 amide bonds. The number of esters is 1. The van der Waals surface area contributed by atoms with Crippen molar-refractivity contribution in [3.8, 4) is 23.0 Å². The quantitative estimate of drug-likeness (QED) is 0.249. The van der Waals surface area contributed by atoms with Gasteiger partial charge in [0.2, 0.25) is 0 Å². The number of benzene rings is 3. The molecule has 0 saturated heterocycles. The van der Waals surface area contributed by atoms with Gasteiger partial charge in [0.15, 0.2) is 5.60 Å². The Bertz CT molecular complexity index is 1180. The lowest BCUT2D eigenvalue weighted by Gasteiger charge is -2.37. The predicted octanol–water partition coefficient (Wildman–Crippen LogP) is 3.99. The summed E-state index contributed by atoms with van der Waals surface area (Å²) < 4.78 is 12.0. The smallest absolute Gasteiger partial charge is 0.340 e. The Morgan fingerprint density at radius 2 is 1.79 bits per heavy atom. The molecule has 3 aromatic rings. The van der Waals surface area contributed by atoms with Crippen LogP contribution in [0, 0.1) is 0 Å². The van der Waals surface area contributed by atoms with E-state index in [-0.39, 0.29) is 34.6 Å². The maximum atomic E-state index is 12.7. The molecule has 2 aliphatic rings. The second kappa shape index (κ2) is 5.56. The van der Waals surface area contributed by atoms with E-state index in [2.05, 4.69) is 0 Å². The molecule has 5 rings (SSSR count). The number of fused-ring (bicyclic) bond motifs is 6. The lowest BCUT2D eigenvalue weighted by molar-refractivity contribution is 0.0224. The standard InChI is InChI=1S/C21H14ClNO5/c22-9-11-16(24)6-5-13-19(11)27-18-8-17(25)15(23)7-14(18)21(13)12-4-2-1-3-10(12)20(26)28-21/h1-8,24-25H,9,23H2. The summed E-state index contributed by atoms with van der Waals surface area (Å²) in [6, 6.07) is 13.1. The number of phenolic OH excluding ortho intramolecular Hbond substituents is 2. The molecule has 3 aromatic carbocycles. The van der Waals surface area contributed by atoms with Crippen LogP contribution in [0.1, 0.15) is 32.6 Å². The highest BCUT2D eigenvalue weighted by Crippen LogP contribution is 2.58. The number of carbonyl (C=O) groups excluding carboxylic acids is 1. The molecule has 140 valence electrons. The highest BCUT2D eigenvalue weighted by atomic mass is 35.5. The molecule has 0 radical (unpaired) electrons. The Morgan fingerprint density at radius 1 is 1.00 bits per heavy atom. The van der Waals surface area contributed by atoms with Gasteiger partial charge in [-0.2, -0.15) is 0 Å². The van der Waals surface area contributed by atoms with Crippen molar-refractivity contribution >= 4 is 23.3 Å². The third kappa shape index (κ3) is 1.95. The molecule has 2 heterocycles. The average Bonchev–Trinajstić information content (AvgIpc) is 2.97. The first-order chi connectivity index (χ1) is 13.5. The zero-order valence-corrected chi connectivity index (χ0v) is 15.2. The number of nitrogens with two attached hydrogens (primary N) is 1. The lowest BCUT2D eigenvalue weighted by atomic mass is 9.77. The Balaban J connectivity index is 1.94. The fraction of sp³-hybridized carbons (Fsp3) is 0.0952. The Labute approximate surface area is 164 Å². The van der Waals surface area contributed by atoms with Crippen LogP contribution >= 0.6 is 11.6 Å². The molecule has 28 heavy (non-hydrogen) atoms. The number of rotatable bonds is 1. The minimum absolute atomic E-state index is 0.0169. The molecule has 1 atom stereocenters. The molecule has 2 aliphatic heterocycles. The fourth-order valence-electron chi connectivity index (χ4n) is 3.96. The fourth-order valence-corrected chi connectivity index (χ4v) is 4.22. The van der Waals surface area contributed by atoms with Crippen LogP contribution in [0.25, 0.3) is 0 Å². The van der Waals surface area contributed by atoms with Crippen LogP contribution in [0.4, 0.5) is 5.69 Å². The average molecular weight is 396 g/mol. The maximum Gasteiger partial charge on any atom is 0.340 e. The van der Waals surface area contributed by atoms with E-state index in [0.29, 0.717) is 27.8 Å². The van der Waals surface area contributed by atoms with Crippen molar-refractivity contribution < 1.29 is 24.5 Å². The van der Waals surface area contributed by atoms with Crippen LogP contribution in [0.2, 0.25) is 0 Å². The minimum atomic E-state index is -1.33. The molecule has 0 fully saturated rings. The second-order valence-corrected chi connectivity index (χ2v) is 6.97. The number of nitrogen functional groups attached to an aromatic ring is 1. The summed E-state index contributed by atoms with van der Waals surface area (Å²) in [5.41, 5.74) is 7.17. The molecule has 7 heteroatoms. The van der Waals surface area contributed by atoms with Gasteiger partial charge in [0.05, 0.1) is 22.7 Å². The van der Waals surface area contributed by atoms with Gasteiger partial charge in [0, 0.05) is 22.8 Å². The SMILES string of the molecule is Nc1cc2c(cc1O)Oc1c(ccc(O)c1CCl)C21OC(=O)c2ccccc21. The predicted molar refractivity (Wildman–Crippen MR) is 102 cm³/mol. The van der Waals surface area contributed by atoms with Crippen molar-refractivity contribution in [1.29, 1.82) is 0 Å². The summed E-state index contributed by atoms with van der Waals surface area (Å²) in [5.74, 6) is -0.151. The number of alkyl halides is 1. The van der Waals surface area contributed by atoms with Gasteiger partial charge >= 0.3 is 5.97 Å². The molecule has 1 unspecified atom stereocenters. The molecule has 0 aromatic heterocycles. The summed E-state index contributed by atoms with van der Waals surface area (Å²) in [6.07, 6.45) is 0. The van der Waals surface area contributed by atoms with E-state index < -0.39 is 11.6 Å². The zero-order valence-electron chi connectivity index (χ0n) is 14.4. The third-order valence-electron chi connectivity index (χ3n) is 5.24. The third-order valence-corrected chi connectivity index (χ3v) is 5.51. The van der Waals surface area contributed by atoms with Crippen molar-refractivity contribution in [1.82, 2.24) is 0 Å². The topological polar surface area (TPSA) is 102 Å². The minimum Gasteiger partial charge on any atom is -0.507 e. The Kier molecular flexibility index (Phi) is 3.33. The summed E-state index contributed by atoms with van der Waals surface area (Å²) in [6.45, 7) is 0. The first-order valence-electron chi connectivity index (χ1n) is 8.52. The van der Waals surface area contributed by atoms with Crippen molar-refractivity contribution in [3.05, 3.63) is 76.3 Å². The van der Waals surface area contributed by atoms with Gasteiger partial charge < -0.3 is 25.4 Å². The van der Waals surface area contributed by atoms with E-state index in [0.717, 1.165) is 0 Å².